The van der Waals surface area contributed by atoms with E-state index in [1.165, 1.54) is 12.1 Å². The van der Waals surface area contributed by atoms with Gasteiger partial charge in [0.1, 0.15) is 18.2 Å². The summed E-state index contributed by atoms with van der Waals surface area (Å²) in [5.74, 6) is -0.896. The van der Waals surface area contributed by atoms with Gasteiger partial charge >= 0.3 is 6.09 Å². The molecule has 0 spiro atoms. The highest BCUT2D eigenvalue weighted by molar-refractivity contribution is 5.95. The van der Waals surface area contributed by atoms with Gasteiger partial charge in [0, 0.05) is 43.5 Å². The molecule has 0 unspecified atom stereocenters. The molecule has 1 aromatic carbocycles. The molecule has 168 valence electrons. The first kappa shape index (κ1) is 21.5. The van der Waals surface area contributed by atoms with Crippen molar-refractivity contribution in [3.05, 3.63) is 42.3 Å². The van der Waals surface area contributed by atoms with E-state index in [1.807, 2.05) is 4.90 Å². The van der Waals surface area contributed by atoms with Crippen molar-refractivity contribution in [2.45, 2.75) is 6.10 Å². The van der Waals surface area contributed by atoms with E-state index in [-0.39, 0.29) is 18.1 Å². The molecule has 2 aromatic rings. The Kier molecular flexibility index (Phi) is 5.91. The third kappa shape index (κ3) is 4.19. The highest BCUT2D eigenvalue weighted by Crippen LogP contribution is 2.29. The van der Waals surface area contributed by atoms with Crippen LogP contribution in [0.5, 0.6) is 0 Å². The fourth-order valence-electron chi connectivity index (χ4n) is 3.75. The molecule has 3 amide bonds. The maximum absolute atomic E-state index is 14.8. The number of carbonyl (C=O) groups excluding carboxylic acids is 3. The molecule has 0 radical (unpaired) electrons. The third-order valence-corrected chi connectivity index (χ3v) is 5.54. The van der Waals surface area contributed by atoms with Crippen molar-refractivity contribution in [1.29, 1.82) is 0 Å². The molecule has 2 aliphatic heterocycles. The number of hydrogen-bond donors (Lipinski definition) is 2. The van der Waals surface area contributed by atoms with Gasteiger partial charge in [-0.05, 0) is 30.3 Å². The smallest absolute Gasteiger partial charge is 0.415 e. The number of benzene rings is 1. The molecule has 0 aliphatic carbocycles. The highest BCUT2D eigenvalue weighted by Gasteiger charge is 2.36. The second-order valence-electron chi connectivity index (χ2n) is 7.48. The summed E-state index contributed by atoms with van der Waals surface area (Å²) in [7, 11) is 0. The molecule has 4 rings (SSSR count). The van der Waals surface area contributed by atoms with Crippen LogP contribution in [0.25, 0.3) is 11.1 Å². The van der Waals surface area contributed by atoms with Crippen LogP contribution in [0.1, 0.15) is 0 Å². The maximum atomic E-state index is 14.8. The van der Waals surface area contributed by atoms with Crippen molar-refractivity contribution < 1.29 is 28.6 Å². The summed E-state index contributed by atoms with van der Waals surface area (Å²) in [6.45, 7) is 1.59. The van der Waals surface area contributed by atoms with E-state index in [2.05, 4.69) is 4.98 Å². The number of carbonyl (C=O) groups is 3. The van der Waals surface area contributed by atoms with Crippen LogP contribution in [0.3, 0.4) is 0 Å². The van der Waals surface area contributed by atoms with Gasteiger partial charge in [-0.2, -0.15) is 0 Å². The molecular weight excluding hydrogens is 421 g/mol. The Bertz CT molecular complexity index is 1040. The number of aliphatic hydroxyl groups is 1. The number of pyridine rings is 1. The quantitative estimate of drug-likeness (QED) is 0.682. The van der Waals surface area contributed by atoms with E-state index in [1.54, 1.807) is 29.3 Å². The Labute approximate surface area is 183 Å². The van der Waals surface area contributed by atoms with E-state index in [9.17, 15) is 18.8 Å². The molecular formula is C21H22FN5O5. The monoisotopic (exact) mass is 443 g/mol. The molecule has 3 heterocycles. The van der Waals surface area contributed by atoms with E-state index >= 15 is 0 Å². The highest BCUT2D eigenvalue weighted by atomic mass is 19.1. The Hall–Kier alpha value is -3.73. The first-order chi connectivity index (χ1) is 15.4. The Morgan fingerprint density at radius 3 is 2.50 bits per heavy atom. The fourth-order valence-corrected chi connectivity index (χ4v) is 3.75. The normalized spacial score (nSPS) is 18.6. The SMILES string of the molecule is NC(=O)[C@H]1CN(c2ccc(-c3ccc(N4CCN(C(=O)CO)CC4)nc3)c(F)c2)C(=O)O1. The Morgan fingerprint density at radius 2 is 1.94 bits per heavy atom. The first-order valence-corrected chi connectivity index (χ1v) is 10.0. The number of aliphatic hydroxyl groups excluding tert-OH is 1. The number of rotatable bonds is 5. The van der Waals surface area contributed by atoms with Gasteiger partial charge in [0.05, 0.1) is 12.2 Å². The maximum Gasteiger partial charge on any atom is 0.415 e. The lowest BCUT2D eigenvalue weighted by Gasteiger charge is -2.35. The number of nitrogens with two attached hydrogens (primary N) is 1. The molecule has 3 N–H and O–H groups in total. The van der Waals surface area contributed by atoms with Crippen LogP contribution < -0.4 is 15.5 Å². The molecule has 0 saturated carbocycles. The number of ether oxygens (including phenoxy) is 1. The summed E-state index contributed by atoms with van der Waals surface area (Å²) in [5.41, 5.74) is 6.30. The minimum Gasteiger partial charge on any atom is -0.434 e. The summed E-state index contributed by atoms with van der Waals surface area (Å²) in [6.07, 6.45) is -0.260. The lowest BCUT2D eigenvalue weighted by Crippen LogP contribution is -2.49. The molecule has 2 fully saturated rings. The van der Waals surface area contributed by atoms with Crippen LogP contribution in [-0.2, 0) is 14.3 Å². The number of nitrogens with zero attached hydrogens (tertiary/aromatic N) is 4. The first-order valence-electron chi connectivity index (χ1n) is 10.0. The summed E-state index contributed by atoms with van der Waals surface area (Å²) < 4.78 is 19.7. The van der Waals surface area contributed by atoms with Gasteiger partial charge in [-0.1, -0.05) is 0 Å². The second-order valence-corrected chi connectivity index (χ2v) is 7.48. The summed E-state index contributed by atoms with van der Waals surface area (Å²) >= 11 is 0. The van der Waals surface area contributed by atoms with E-state index < -0.39 is 30.5 Å². The predicted molar refractivity (Wildman–Crippen MR) is 112 cm³/mol. The minimum absolute atomic E-state index is 0.0691. The van der Waals surface area contributed by atoms with E-state index in [0.717, 1.165) is 4.90 Å². The number of primary amides is 1. The average molecular weight is 443 g/mol. The van der Waals surface area contributed by atoms with Gasteiger partial charge < -0.3 is 25.4 Å². The number of anilines is 2. The molecule has 10 nitrogen and oxygen atoms in total. The van der Waals surface area contributed by atoms with Gasteiger partial charge in [-0.25, -0.2) is 14.2 Å². The van der Waals surface area contributed by atoms with Gasteiger partial charge in [0.2, 0.25) is 5.91 Å². The lowest BCUT2D eigenvalue weighted by molar-refractivity contribution is -0.134. The third-order valence-electron chi connectivity index (χ3n) is 5.54. The Morgan fingerprint density at radius 1 is 1.19 bits per heavy atom. The number of amides is 3. The number of aromatic nitrogens is 1. The van der Waals surface area contributed by atoms with Crippen molar-refractivity contribution >= 4 is 29.4 Å². The zero-order valence-corrected chi connectivity index (χ0v) is 17.1. The number of hydrogen-bond acceptors (Lipinski definition) is 7. The van der Waals surface area contributed by atoms with Gasteiger partial charge in [-0.15, -0.1) is 0 Å². The molecule has 11 heteroatoms. The largest absolute Gasteiger partial charge is 0.434 e. The Balaban J connectivity index is 1.45. The van der Waals surface area contributed by atoms with Crippen molar-refractivity contribution in [3.8, 4) is 11.1 Å². The second kappa shape index (κ2) is 8.79. The van der Waals surface area contributed by atoms with E-state index in [0.29, 0.717) is 43.1 Å². The summed E-state index contributed by atoms with van der Waals surface area (Å²) in [6, 6.07) is 7.82. The zero-order valence-electron chi connectivity index (χ0n) is 17.1. The number of cyclic esters (lactones) is 1. The van der Waals surface area contributed by atoms with Crippen molar-refractivity contribution in [3.63, 3.8) is 0 Å². The minimum atomic E-state index is -1.06. The summed E-state index contributed by atoms with van der Waals surface area (Å²) in [5, 5.41) is 8.96. The molecule has 2 aliphatic rings. The number of halogens is 1. The molecule has 32 heavy (non-hydrogen) atoms. The van der Waals surface area contributed by atoms with Crippen molar-refractivity contribution in [1.82, 2.24) is 9.88 Å². The lowest BCUT2D eigenvalue weighted by atomic mass is 10.1. The molecule has 0 bridgehead atoms. The van der Waals surface area contributed by atoms with Crippen LogP contribution in [0.2, 0.25) is 0 Å². The van der Waals surface area contributed by atoms with Crippen molar-refractivity contribution in [2.75, 3.05) is 49.1 Å². The van der Waals surface area contributed by atoms with Gasteiger partial charge in [0.15, 0.2) is 6.10 Å². The van der Waals surface area contributed by atoms with Crippen LogP contribution in [0, 0.1) is 5.82 Å². The predicted octanol–water partition coefficient (Wildman–Crippen LogP) is 0.339. The van der Waals surface area contributed by atoms with Crippen LogP contribution in [0.15, 0.2) is 36.5 Å². The fraction of sp³-hybridized carbons (Fsp3) is 0.333. The van der Waals surface area contributed by atoms with Crippen LogP contribution in [0.4, 0.5) is 20.7 Å². The van der Waals surface area contributed by atoms with Gasteiger partial charge in [-0.3, -0.25) is 14.5 Å². The molecule has 1 aromatic heterocycles. The van der Waals surface area contributed by atoms with E-state index in [4.69, 9.17) is 15.6 Å². The average Bonchev–Trinajstić information content (AvgIpc) is 3.21. The van der Waals surface area contributed by atoms with Crippen LogP contribution >= 0.6 is 0 Å². The number of piperazine rings is 1. The standard InChI is InChI=1S/C21H22FN5O5/c22-16-9-14(27-11-17(20(23)30)32-21(27)31)2-3-15(16)13-1-4-18(24-10-13)25-5-7-26(8-6-25)19(29)12-28/h1-4,9-10,17,28H,5-8,11-12H2,(H2,23,30)/t17-/m1/s1. The molecule has 1 atom stereocenters. The van der Waals surface area contributed by atoms with Gasteiger partial charge in [0.25, 0.3) is 5.91 Å². The van der Waals surface area contributed by atoms with Crippen molar-refractivity contribution in [2.24, 2.45) is 5.73 Å². The zero-order chi connectivity index (χ0) is 22.8. The topological polar surface area (TPSA) is 129 Å². The summed E-state index contributed by atoms with van der Waals surface area (Å²) in [4.78, 5) is 43.9. The van der Waals surface area contributed by atoms with Crippen LogP contribution in [-0.4, -0.2) is 78.3 Å². The molecule has 2 saturated heterocycles.